The first-order chi connectivity index (χ1) is 13.3. The van der Waals surface area contributed by atoms with Crippen molar-refractivity contribution in [1.29, 1.82) is 0 Å². The van der Waals surface area contributed by atoms with Gasteiger partial charge in [0, 0.05) is 44.0 Å². The van der Waals surface area contributed by atoms with Gasteiger partial charge in [-0.15, -0.1) is 0 Å². The summed E-state index contributed by atoms with van der Waals surface area (Å²) in [6, 6.07) is 7.27. The van der Waals surface area contributed by atoms with Crippen LogP contribution in [0, 0.1) is 0 Å². The molecule has 2 heterocycles. The average Bonchev–Trinajstić information content (AvgIpc) is 3.22. The molecule has 0 aliphatic carbocycles. The van der Waals surface area contributed by atoms with Crippen LogP contribution in [0.15, 0.2) is 42.7 Å². The molecule has 0 spiro atoms. The van der Waals surface area contributed by atoms with Gasteiger partial charge in [0.2, 0.25) is 15.9 Å². The Kier molecular flexibility index (Phi) is 5.88. The Labute approximate surface area is 166 Å². The third-order valence-electron chi connectivity index (χ3n) is 4.72. The SMILES string of the molecule is CC(C)N(Cc1cnn(C)c1)C(=O)/C=C/c1ccc(N2CCCS2(=O)=O)cc1. The molecule has 0 unspecified atom stereocenters. The molecule has 1 aliphatic heterocycles. The Bertz CT molecular complexity index is 962. The molecule has 2 aromatic rings. The summed E-state index contributed by atoms with van der Waals surface area (Å²) >= 11 is 0. The largest absolute Gasteiger partial charge is 0.332 e. The summed E-state index contributed by atoms with van der Waals surface area (Å²) in [5.74, 6) is 0.121. The number of anilines is 1. The van der Waals surface area contributed by atoms with E-state index in [1.54, 1.807) is 40.1 Å². The molecule has 1 aromatic carbocycles. The highest BCUT2D eigenvalue weighted by atomic mass is 32.2. The van der Waals surface area contributed by atoms with Crippen LogP contribution in [0.3, 0.4) is 0 Å². The molecule has 0 saturated carbocycles. The highest BCUT2D eigenvalue weighted by Gasteiger charge is 2.28. The van der Waals surface area contributed by atoms with E-state index in [4.69, 9.17) is 0 Å². The number of aromatic nitrogens is 2. The van der Waals surface area contributed by atoms with Crippen LogP contribution < -0.4 is 4.31 Å². The van der Waals surface area contributed by atoms with E-state index >= 15 is 0 Å². The minimum Gasteiger partial charge on any atom is -0.332 e. The van der Waals surface area contributed by atoms with Crippen molar-refractivity contribution in [3.05, 3.63) is 53.9 Å². The molecule has 1 fully saturated rings. The number of benzene rings is 1. The topological polar surface area (TPSA) is 75.5 Å². The summed E-state index contributed by atoms with van der Waals surface area (Å²) < 4.78 is 27.2. The van der Waals surface area contributed by atoms with E-state index in [1.807, 2.05) is 39.2 Å². The van der Waals surface area contributed by atoms with Crippen molar-refractivity contribution >= 4 is 27.7 Å². The number of carbonyl (C=O) groups is 1. The second kappa shape index (κ2) is 8.18. The van der Waals surface area contributed by atoms with Gasteiger partial charge in [-0.05, 0) is 44.0 Å². The molecule has 28 heavy (non-hydrogen) atoms. The number of hydrogen-bond donors (Lipinski definition) is 0. The van der Waals surface area contributed by atoms with E-state index in [0.717, 1.165) is 11.1 Å². The zero-order chi connectivity index (χ0) is 20.3. The fourth-order valence-corrected chi connectivity index (χ4v) is 4.77. The lowest BCUT2D eigenvalue weighted by molar-refractivity contribution is -0.128. The average molecular weight is 403 g/mol. The lowest BCUT2D eigenvalue weighted by Crippen LogP contribution is -2.35. The van der Waals surface area contributed by atoms with E-state index in [-0.39, 0.29) is 17.7 Å². The van der Waals surface area contributed by atoms with Crippen LogP contribution in [0.4, 0.5) is 5.69 Å². The molecule has 1 aliphatic rings. The normalized spacial score (nSPS) is 16.2. The van der Waals surface area contributed by atoms with Crippen LogP contribution in [-0.4, -0.2) is 47.3 Å². The summed E-state index contributed by atoms with van der Waals surface area (Å²) in [6.07, 6.45) is 7.62. The molecular formula is C20H26N4O3S. The fourth-order valence-electron chi connectivity index (χ4n) is 3.21. The lowest BCUT2D eigenvalue weighted by atomic mass is 10.1. The third-order valence-corrected chi connectivity index (χ3v) is 6.59. The van der Waals surface area contributed by atoms with Crippen molar-refractivity contribution in [2.45, 2.75) is 32.9 Å². The van der Waals surface area contributed by atoms with E-state index in [2.05, 4.69) is 5.10 Å². The molecule has 1 aromatic heterocycles. The predicted octanol–water partition coefficient (Wildman–Crippen LogP) is 2.41. The van der Waals surface area contributed by atoms with Crippen LogP contribution >= 0.6 is 0 Å². The van der Waals surface area contributed by atoms with Gasteiger partial charge in [0.05, 0.1) is 17.6 Å². The number of nitrogens with zero attached hydrogens (tertiary/aromatic N) is 4. The van der Waals surface area contributed by atoms with Crippen LogP contribution in [0.2, 0.25) is 0 Å². The number of sulfonamides is 1. The fraction of sp³-hybridized carbons (Fsp3) is 0.400. The van der Waals surface area contributed by atoms with Crippen molar-refractivity contribution in [2.75, 3.05) is 16.6 Å². The summed E-state index contributed by atoms with van der Waals surface area (Å²) in [5, 5.41) is 4.15. The Morgan fingerprint density at radius 3 is 2.54 bits per heavy atom. The summed E-state index contributed by atoms with van der Waals surface area (Å²) in [7, 11) is -1.33. The highest BCUT2D eigenvalue weighted by Crippen LogP contribution is 2.24. The third kappa shape index (κ3) is 4.62. The van der Waals surface area contributed by atoms with Gasteiger partial charge < -0.3 is 4.90 Å². The van der Waals surface area contributed by atoms with Crippen molar-refractivity contribution < 1.29 is 13.2 Å². The number of carbonyl (C=O) groups excluding carboxylic acids is 1. The van der Waals surface area contributed by atoms with E-state index in [9.17, 15) is 13.2 Å². The van der Waals surface area contributed by atoms with E-state index < -0.39 is 10.0 Å². The zero-order valence-corrected chi connectivity index (χ0v) is 17.3. The Hall–Kier alpha value is -2.61. The second-order valence-corrected chi connectivity index (χ2v) is 9.26. The summed E-state index contributed by atoms with van der Waals surface area (Å²) in [6.45, 7) is 4.98. The second-order valence-electron chi connectivity index (χ2n) is 7.25. The van der Waals surface area contributed by atoms with Gasteiger partial charge in [-0.2, -0.15) is 5.10 Å². The highest BCUT2D eigenvalue weighted by molar-refractivity contribution is 7.93. The molecule has 7 nitrogen and oxygen atoms in total. The molecule has 8 heteroatoms. The summed E-state index contributed by atoms with van der Waals surface area (Å²) in [4.78, 5) is 14.4. The van der Waals surface area contributed by atoms with E-state index in [1.165, 1.54) is 4.31 Å². The lowest BCUT2D eigenvalue weighted by Gasteiger charge is -2.25. The summed E-state index contributed by atoms with van der Waals surface area (Å²) in [5.41, 5.74) is 2.49. The zero-order valence-electron chi connectivity index (χ0n) is 16.4. The number of aryl methyl sites for hydroxylation is 1. The number of rotatable bonds is 6. The van der Waals surface area contributed by atoms with Crippen molar-refractivity contribution in [2.24, 2.45) is 7.05 Å². The first-order valence-electron chi connectivity index (χ1n) is 9.33. The van der Waals surface area contributed by atoms with Gasteiger partial charge in [0.25, 0.3) is 0 Å². The predicted molar refractivity (Wildman–Crippen MR) is 110 cm³/mol. The minimum absolute atomic E-state index is 0.0557. The minimum atomic E-state index is -3.18. The maximum absolute atomic E-state index is 12.7. The quantitative estimate of drug-likeness (QED) is 0.696. The molecule has 150 valence electrons. The Morgan fingerprint density at radius 2 is 2.00 bits per heavy atom. The molecule has 0 atom stereocenters. The number of hydrogen-bond acceptors (Lipinski definition) is 4. The van der Waals surface area contributed by atoms with Crippen LogP contribution in [-0.2, 0) is 28.4 Å². The Balaban J connectivity index is 1.68. The first kappa shape index (κ1) is 20.1. The van der Waals surface area contributed by atoms with Gasteiger partial charge in [-0.25, -0.2) is 8.42 Å². The van der Waals surface area contributed by atoms with Gasteiger partial charge in [-0.3, -0.25) is 13.8 Å². The Morgan fingerprint density at radius 1 is 1.29 bits per heavy atom. The molecule has 1 amide bonds. The standard InChI is InChI=1S/C20H26N4O3S/c1-16(2)23(15-18-13-21-22(3)14-18)20(25)10-7-17-5-8-19(9-6-17)24-11-4-12-28(24,26)27/h5-10,13-14,16H,4,11-12,15H2,1-3H3/b10-7+. The van der Waals surface area contributed by atoms with Crippen LogP contribution in [0.5, 0.6) is 0 Å². The van der Waals surface area contributed by atoms with Gasteiger partial charge in [-0.1, -0.05) is 12.1 Å². The van der Waals surface area contributed by atoms with Crippen LogP contribution in [0.1, 0.15) is 31.4 Å². The molecule has 3 rings (SSSR count). The van der Waals surface area contributed by atoms with Crippen molar-refractivity contribution in [1.82, 2.24) is 14.7 Å². The first-order valence-corrected chi connectivity index (χ1v) is 10.9. The molecule has 0 bridgehead atoms. The van der Waals surface area contributed by atoms with Crippen molar-refractivity contribution in [3.63, 3.8) is 0 Å². The maximum atomic E-state index is 12.7. The van der Waals surface area contributed by atoms with E-state index in [0.29, 0.717) is 25.2 Å². The van der Waals surface area contributed by atoms with Gasteiger partial charge in [0.1, 0.15) is 0 Å². The van der Waals surface area contributed by atoms with Gasteiger partial charge >= 0.3 is 0 Å². The monoisotopic (exact) mass is 402 g/mol. The molecule has 0 radical (unpaired) electrons. The molecule has 1 saturated heterocycles. The maximum Gasteiger partial charge on any atom is 0.247 e. The van der Waals surface area contributed by atoms with Crippen molar-refractivity contribution in [3.8, 4) is 0 Å². The van der Waals surface area contributed by atoms with Crippen LogP contribution in [0.25, 0.3) is 6.08 Å². The number of amides is 1. The van der Waals surface area contributed by atoms with Gasteiger partial charge in [0.15, 0.2) is 0 Å². The molecular weight excluding hydrogens is 376 g/mol. The smallest absolute Gasteiger partial charge is 0.247 e. The molecule has 0 N–H and O–H groups in total.